The van der Waals surface area contributed by atoms with Gasteiger partial charge in [-0.3, -0.25) is 9.59 Å². The fourth-order valence-corrected chi connectivity index (χ4v) is 2.89. The van der Waals surface area contributed by atoms with Gasteiger partial charge in [0, 0.05) is 25.4 Å². The molecule has 0 unspecified atom stereocenters. The van der Waals surface area contributed by atoms with Crippen molar-refractivity contribution in [1.29, 1.82) is 0 Å². The third-order valence-electron chi connectivity index (χ3n) is 4.39. The fraction of sp³-hybridized carbons (Fsp3) is 0.263. The highest BCUT2D eigenvalue weighted by Crippen LogP contribution is 2.28. The van der Waals surface area contributed by atoms with Crippen LogP contribution < -0.4 is 5.56 Å². The van der Waals surface area contributed by atoms with E-state index >= 15 is 0 Å². The van der Waals surface area contributed by atoms with E-state index in [1.165, 1.54) is 17.0 Å². The van der Waals surface area contributed by atoms with Crippen molar-refractivity contribution in [2.24, 2.45) is 0 Å². The van der Waals surface area contributed by atoms with E-state index in [1.807, 2.05) is 6.08 Å². The van der Waals surface area contributed by atoms with Gasteiger partial charge in [0.1, 0.15) is 12.4 Å². The molecule has 8 heteroatoms. The molecule has 0 saturated carbocycles. The first-order valence-electron chi connectivity index (χ1n) is 8.24. The molecule has 1 aromatic heterocycles. The molecule has 0 saturated heterocycles. The molecule has 3 rings (SSSR count). The Bertz CT molecular complexity index is 930. The van der Waals surface area contributed by atoms with Gasteiger partial charge >= 0.3 is 6.18 Å². The average molecular weight is 380 g/mol. The topological polar surface area (TPSA) is 42.3 Å². The van der Waals surface area contributed by atoms with Crippen molar-refractivity contribution in [2.45, 2.75) is 19.1 Å². The van der Waals surface area contributed by atoms with Crippen LogP contribution in [0.4, 0.5) is 17.6 Å². The summed E-state index contributed by atoms with van der Waals surface area (Å²) in [5.74, 6) is -0.774. The lowest BCUT2D eigenvalue weighted by Gasteiger charge is -2.27. The number of benzene rings is 1. The Hall–Kier alpha value is -2.90. The molecule has 0 atom stereocenters. The maximum absolute atomic E-state index is 13.0. The van der Waals surface area contributed by atoms with Gasteiger partial charge in [0.05, 0.1) is 5.56 Å². The minimum Gasteiger partial charge on any atom is -0.337 e. The molecule has 4 nitrogen and oxygen atoms in total. The summed E-state index contributed by atoms with van der Waals surface area (Å²) in [6.07, 6.45) is -1.57. The van der Waals surface area contributed by atoms with Crippen LogP contribution in [0.25, 0.3) is 5.57 Å². The van der Waals surface area contributed by atoms with Crippen molar-refractivity contribution in [2.75, 3.05) is 13.1 Å². The van der Waals surface area contributed by atoms with Crippen molar-refractivity contribution < 1.29 is 22.4 Å². The lowest BCUT2D eigenvalue weighted by Crippen LogP contribution is -2.39. The van der Waals surface area contributed by atoms with Crippen LogP contribution in [-0.2, 0) is 17.5 Å². The van der Waals surface area contributed by atoms with E-state index in [0.29, 0.717) is 25.2 Å². The average Bonchev–Trinajstić information content (AvgIpc) is 2.63. The first kappa shape index (κ1) is 18.9. The van der Waals surface area contributed by atoms with Crippen LogP contribution >= 0.6 is 0 Å². The first-order chi connectivity index (χ1) is 12.7. The van der Waals surface area contributed by atoms with Crippen molar-refractivity contribution >= 4 is 11.5 Å². The zero-order chi connectivity index (χ0) is 19.6. The minimum absolute atomic E-state index is 0.277. The summed E-state index contributed by atoms with van der Waals surface area (Å²) in [6, 6.07) is 7.52. The number of rotatable bonds is 3. The van der Waals surface area contributed by atoms with Gasteiger partial charge in [-0.25, -0.2) is 4.39 Å². The number of carbonyl (C=O) groups excluding carboxylic acids is 1. The summed E-state index contributed by atoms with van der Waals surface area (Å²) in [5, 5.41) is 0. The molecule has 142 valence electrons. The molecule has 1 aliphatic rings. The molecule has 27 heavy (non-hydrogen) atoms. The number of amides is 1. The van der Waals surface area contributed by atoms with Crippen LogP contribution in [0.15, 0.2) is 53.5 Å². The molecule has 0 spiro atoms. The molecule has 0 radical (unpaired) electrons. The smallest absolute Gasteiger partial charge is 0.337 e. The van der Waals surface area contributed by atoms with E-state index in [9.17, 15) is 27.2 Å². The first-order valence-corrected chi connectivity index (χ1v) is 8.24. The summed E-state index contributed by atoms with van der Waals surface area (Å²) in [5.41, 5.74) is 0.177. The Labute approximate surface area is 152 Å². The van der Waals surface area contributed by atoms with Crippen molar-refractivity contribution in [3.05, 3.63) is 76.0 Å². The second-order valence-corrected chi connectivity index (χ2v) is 6.21. The quantitative estimate of drug-likeness (QED) is 0.767. The number of pyridine rings is 1. The second kappa shape index (κ2) is 7.38. The number of aromatic nitrogens is 1. The number of hydrogen-bond donors (Lipinski definition) is 0. The molecule has 0 bridgehead atoms. The van der Waals surface area contributed by atoms with Crippen LogP contribution in [0.3, 0.4) is 0 Å². The summed E-state index contributed by atoms with van der Waals surface area (Å²) in [7, 11) is 0. The third kappa shape index (κ3) is 4.45. The summed E-state index contributed by atoms with van der Waals surface area (Å²) >= 11 is 0. The lowest BCUT2D eigenvalue weighted by atomic mass is 9.99. The van der Waals surface area contributed by atoms with E-state index in [0.717, 1.165) is 21.8 Å². The zero-order valence-corrected chi connectivity index (χ0v) is 14.2. The SMILES string of the molecule is O=C(Cn1cc(C(F)(F)F)ccc1=O)N1CC=C(c2ccc(F)cc2)CC1. The van der Waals surface area contributed by atoms with Gasteiger partial charge in [-0.2, -0.15) is 13.2 Å². The van der Waals surface area contributed by atoms with E-state index in [1.54, 1.807) is 12.1 Å². The zero-order valence-electron chi connectivity index (χ0n) is 14.2. The molecule has 2 aromatic rings. The van der Waals surface area contributed by atoms with E-state index in [-0.39, 0.29) is 12.4 Å². The van der Waals surface area contributed by atoms with Gasteiger partial charge < -0.3 is 9.47 Å². The number of carbonyl (C=O) groups is 1. The molecule has 0 aliphatic carbocycles. The second-order valence-electron chi connectivity index (χ2n) is 6.21. The Balaban J connectivity index is 1.70. The summed E-state index contributed by atoms with van der Waals surface area (Å²) < 4.78 is 52.1. The van der Waals surface area contributed by atoms with Crippen LogP contribution in [0.2, 0.25) is 0 Å². The summed E-state index contributed by atoms with van der Waals surface area (Å²) in [4.78, 5) is 25.6. The van der Waals surface area contributed by atoms with E-state index in [4.69, 9.17) is 0 Å². The van der Waals surface area contributed by atoms with E-state index < -0.39 is 29.8 Å². The monoisotopic (exact) mass is 380 g/mol. The van der Waals surface area contributed by atoms with Gasteiger partial charge in [0.15, 0.2) is 0 Å². The number of hydrogen-bond acceptors (Lipinski definition) is 2. The molecule has 0 fully saturated rings. The van der Waals surface area contributed by atoms with Crippen LogP contribution in [0.1, 0.15) is 17.5 Å². The highest BCUT2D eigenvalue weighted by atomic mass is 19.4. The highest BCUT2D eigenvalue weighted by molar-refractivity contribution is 5.78. The maximum Gasteiger partial charge on any atom is 0.417 e. The van der Waals surface area contributed by atoms with Gasteiger partial charge in [-0.15, -0.1) is 0 Å². The molecular weight excluding hydrogens is 364 g/mol. The largest absolute Gasteiger partial charge is 0.417 e. The van der Waals surface area contributed by atoms with Gasteiger partial charge in [0.2, 0.25) is 5.91 Å². The molecule has 1 aliphatic heterocycles. The number of halogens is 4. The Kier molecular flexibility index (Phi) is 5.16. The van der Waals surface area contributed by atoms with Crippen LogP contribution in [0.5, 0.6) is 0 Å². The lowest BCUT2D eigenvalue weighted by molar-refractivity contribution is -0.138. The van der Waals surface area contributed by atoms with Crippen molar-refractivity contribution in [3.8, 4) is 0 Å². The standard InChI is InChI=1S/C19H16F4N2O2/c20-16-4-1-13(2-5-16)14-7-9-24(10-8-14)18(27)12-25-11-15(19(21,22)23)3-6-17(25)26/h1-7,11H,8-10,12H2. The van der Waals surface area contributed by atoms with E-state index in [2.05, 4.69) is 0 Å². The molecule has 1 amide bonds. The fourth-order valence-electron chi connectivity index (χ4n) is 2.89. The Morgan fingerprint density at radius 1 is 1.07 bits per heavy atom. The van der Waals surface area contributed by atoms with Gasteiger partial charge in [-0.05, 0) is 35.8 Å². The third-order valence-corrected chi connectivity index (χ3v) is 4.39. The highest BCUT2D eigenvalue weighted by Gasteiger charge is 2.31. The molecule has 0 N–H and O–H groups in total. The van der Waals surface area contributed by atoms with Crippen LogP contribution in [-0.4, -0.2) is 28.5 Å². The molecule has 1 aromatic carbocycles. The molecule has 2 heterocycles. The minimum atomic E-state index is -4.59. The Morgan fingerprint density at radius 2 is 1.78 bits per heavy atom. The van der Waals surface area contributed by atoms with Crippen molar-refractivity contribution in [3.63, 3.8) is 0 Å². The number of alkyl halides is 3. The predicted molar refractivity (Wildman–Crippen MR) is 91.3 cm³/mol. The summed E-state index contributed by atoms with van der Waals surface area (Å²) in [6.45, 7) is 0.192. The van der Waals surface area contributed by atoms with Crippen molar-refractivity contribution in [1.82, 2.24) is 9.47 Å². The van der Waals surface area contributed by atoms with Gasteiger partial charge in [-0.1, -0.05) is 18.2 Å². The molecular formula is C19H16F4N2O2. The normalized spacial score (nSPS) is 14.8. The van der Waals surface area contributed by atoms with Gasteiger partial charge in [0.25, 0.3) is 5.56 Å². The Morgan fingerprint density at radius 3 is 2.37 bits per heavy atom. The van der Waals surface area contributed by atoms with Crippen LogP contribution in [0, 0.1) is 5.82 Å². The number of nitrogens with zero attached hydrogens (tertiary/aromatic N) is 2. The maximum atomic E-state index is 13.0. The predicted octanol–water partition coefficient (Wildman–Crippen LogP) is 3.32.